The van der Waals surface area contributed by atoms with E-state index in [4.69, 9.17) is 24.7 Å². The van der Waals surface area contributed by atoms with E-state index in [1.807, 2.05) is 54.6 Å². The quantitative estimate of drug-likeness (QED) is 0.306. The van der Waals surface area contributed by atoms with Gasteiger partial charge in [-0.1, -0.05) is 36.4 Å². The minimum atomic E-state index is -0.417. The Balaban J connectivity index is 1.81. The molecular formula is C30H40N3O5+. The van der Waals surface area contributed by atoms with Gasteiger partial charge < -0.3 is 29.6 Å². The highest BCUT2D eigenvalue weighted by atomic mass is 16.5. The van der Waals surface area contributed by atoms with Crippen LogP contribution in [0.4, 0.5) is 10.5 Å². The van der Waals surface area contributed by atoms with E-state index >= 15 is 0 Å². The fourth-order valence-corrected chi connectivity index (χ4v) is 4.62. The number of primary amides is 1. The number of likely N-dealkylation sites (N-methyl/N-ethyl adjacent to an activating group) is 1. The number of nitrogens with two attached hydrogens (primary N) is 1. The largest absolute Gasteiger partial charge is 0.493 e. The number of amides is 2. The van der Waals surface area contributed by atoms with Gasteiger partial charge in [0, 0.05) is 38.1 Å². The maximum Gasteiger partial charge on any atom is 0.315 e. The van der Waals surface area contributed by atoms with Crippen LogP contribution in [-0.4, -0.2) is 66.1 Å². The molecule has 0 saturated carbocycles. The van der Waals surface area contributed by atoms with E-state index in [0.29, 0.717) is 40.6 Å². The summed E-state index contributed by atoms with van der Waals surface area (Å²) in [6.07, 6.45) is 1.58. The van der Waals surface area contributed by atoms with Crippen LogP contribution in [0.25, 0.3) is 0 Å². The molecule has 0 aliphatic carbocycles. The first-order valence-electron chi connectivity index (χ1n) is 12.7. The predicted molar refractivity (Wildman–Crippen MR) is 151 cm³/mol. The summed E-state index contributed by atoms with van der Waals surface area (Å²) < 4.78 is 22.6. The summed E-state index contributed by atoms with van der Waals surface area (Å²) in [6.45, 7) is 2.66. The van der Waals surface area contributed by atoms with Gasteiger partial charge in [0.25, 0.3) is 0 Å². The molecule has 3 aromatic carbocycles. The second-order valence-electron chi connectivity index (χ2n) is 9.42. The maximum absolute atomic E-state index is 12.2. The zero-order chi connectivity index (χ0) is 27.5. The molecule has 1 unspecified atom stereocenters. The smallest absolute Gasteiger partial charge is 0.315 e. The maximum atomic E-state index is 12.2. The average Bonchev–Trinajstić information content (AvgIpc) is 2.95. The van der Waals surface area contributed by atoms with Crippen LogP contribution in [0.3, 0.4) is 0 Å². The first kappa shape index (κ1) is 28.7. The second kappa shape index (κ2) is 13.6. The van der Waals surface area contributed by atoms with Gasteiger partial charge in [0.05, 0.1) is 48.6 Å². The number of carbonyl (C=O) groups excluding carboxylic acids is 1. The zero-order valence-electron chi connectivity index (χ0n) is 23.1. The third-order valence-corrected chi connectivity index (χ3v) is 6.94. The second-order valence-corrected chi connectivity index (χ2v) is 9.42. The molecule has 2 N–H and O–H groups in total. The van der Waals surface area contributed by atoms with Gasteiger partial charge >= 0.3 is 6.03 Å². The molecule has 0 saturated heterocycles. The first-order chi connectivity index (χ1) is 18.3. The molecule has 0 radical (unpaired) electrons. The third kappa shape index (κ3) is 7.32. The lowest BCUT2D eigenvalue weighted by Crippen LogP contribution is -2.48. The Labute approximate surface area is 226 Å². The molecular weight excluding hydrogens is 482 g/mol. The highest BCUT2D eigenvalue weighted by Crippen LogP contribution is 2.35. The standard InChI is InChI=1S/C30H39N3O5/c1-33(25-13-15-27(36-3)29(21-25)38-5,19-16-23-12-14-26(35-2)28(20-23)37-4)18-9-17-32(30(31)34)22-24-10-7-6-8-11-24/h6-8,10-15,20-21H,9,16-19,22H2,1-5H3,(H-,31,34)/p+1. The normalized spacial score (nSPS) is 12.3. The van der Waals surface area contributed by atoms with E-state index < -0.39 is 6.03 Å². The van der Waals surface area contributed by atoms with Crippen LogP contribution in [0.2, 0.25) is 0 Å². The van der Waals surface area contributed by atoms with Crippen LogP contribution in [0.1, 0.15) is 17.5 Å². The number of nitrogens with zero attached hydrogens (tertiary/aromatic N) is 2. The molecule has 2 amide bonds. The van der Waals surface area contributed by atoms with Crippen LogP contribution in [0.5, 0.6) is 23.0 Å². The molecule has 0 fully saturated rings. The van der Waals surface area contributed by atoms with Crippen LogP contribution in [0.15, 0.2) is 66.7 Å². The molecule has 1 atom stereocenters. The monoisotopic (exact) mass is 522 g/mol. The SMILES string of the molecule is COc1ccc(CC[N+](C)(CCCN(Cc2ccccc2)C(N)=O)c2ccc(OC)c(OC)c2)cc1OC. The lowest BCUT2D eigenvalue weighted by molar-refractivity contribution is 0.200. The molecule has 0 heterocycles. The van der Waals surface area contributed by atoms with Crippen molar-refractivity contribution in [3.05, 3.63) is 77.9 Å². The topological polar surface area (TPSA) is 83.3 Å². The molecule has 38 heavy (non-hydrogen) atoms. The average molecular weight is 523 g/mol. The lowest BCUT2D eigenvalue weighted by atomic mass is 10.1. The summed E-state index contributed by atoms with van der Waals surface area (Å²) in [5.74, 6) is 2.79. The van der Waals surface area contributed by atoms with Crippen molar-refractivity contribution in [2.75, 3.05) is 55.1 Å². The van der Waals surface area contributed by atoms with E-state index in [9.17, 15) is 4.79 Å². The summed E-state index contributed by atoms with van der Waals surface area (Å²) in [7, 11) is 8.76. The van der Waals surface area contributed by atoms with Crippen molar-refractivity contribution in [2.45, 2.75) is 19.4 Å². The molecule has 0 aliphatic rings. The van der Waals surface area contributed by atoms with E-state index in [0.717, 1.165) is 42.7 Å². The Morgan fingerprint density at radius 1 is 0.763 bits per heavy atom. The van der Waals surface area contributed by atoms with E-state index in [-0.39, 0.29) is 0 Å². The van der Waals surface area contributed by atoms with Crippen LogP contribution in [-0.2, 0) is 13.0 Å². The molecule has 3 aromatic rings. The van der Waals surface area contributed by atoms with Crippen LogP contribution in [0, 0.1) is 0 Å². The summed E-state index contributed by atoms with van der Waals surface area (Å²) in [5.41, 5.74) is 9.03. The number of ether oxygens (including phenoxy) is 4. The van der Waals surface area contributed by atoms with Gasteiger partial charge in [-0.25, -0.2) is 4.79 Å². The molecule has 0 aliphatic heterocycles. The van der Waals surface area contributed by atoms with Gasteiger partial charge in [0.2, 0.25) is 0 Å². The van der Waals surface area contributed by atoms with Crippen molar-refractivity contribution < 1.29 is 23.7 Å². The van der Waals surface area contributed by atoms with Gasteiger partial charge in [-0.05, 0) is 29.3 Å². The van der Waals surface area contributed by atoms with Gasteiger partial charge in [-0.2, -0.15) is 0 Å². The van der Waals surface area contributed by atoms with Crippen molar-refractivity contribution >= 4 is 11.7 Å². The number of methoxy groups -OCH3 is 4. The van der Waals surface area contributed by atoms with Crippen molar-refractivity contribution in [1.29, 1.82) is 0 Å². The minimum Gasteiger partial charge on any atom is -0.493 e. The van der Waals surface area contributed by atoms with E-state index in [2.05, 4.69) is 19.2 Å². The number of urea groups is 1. The highest BCUT2D eigenvalue weighted by molar-refractivity contribution is 5.72. The summed E-state index contributed by atoms with van der Waals surface area (Å²) in [4.78, 5) is 13.9. The van der Waals surface area contributed by atoms with Crippen LogP contribution >= 0.6 is 0 Å². The number of hydrogen-bond acceptors (Lipinski definition) is 5. The first-order valence-corrected chi connectivity index (χ1v) is 12.7. The number of benzene rings is 3. The van der Waals surface area contributed by atoms with Crippen molar-refractivity contribution in [3.63, 3.8) is 0 Å². The molecule has 8 heteroatoms. The lowest BCUT2D eigenvalue weighted by Gasteiger charge is -2.35. The number of quaternary nitrogens is 1. The number of rotatable bonds is 14. The van der Waals surface area contributed by atoms with Crippen molar-refractivity contribution in [1.82, 2.24) is 9.38 Å². The summed E-state index contributed by atoms with van der Waals surface area (Å²) in [5, 5.41) is 0. The minimum absolute atomic E-state index is 0.417. The Hall–Kier alpha value is -3.91. The fourth-order valence-electron chi connectivity index (χ4n) is 4.62. The Morgan fingerprint density at radius 3 is 1.97 bits per heavy atom. The van der Waals surface area contributed by atoms with Gasteiger partial charge in [-0.3, -0.25) is 4.48 Å². The number of hydrogen-bond donors (Lipinski definition) is 1. The Morgan fingerprint density at radius 2 is 1.37 bits per heavy atom. The van der Waals surface area contributed by atoms with E-state index in [1.54, 1.807) is 33.3 Å². The summed E-state index contributed by atoms with van der Waals surface area (Å²) >= 11 is 0. The van der Waals surface area contributed by atoms with Crippen molar-refractivity contribution in [2.24, 2.45) is 5.73 Å². The molecule has 8 nitrogen and oxygen atoms in total. The Kier molecular flexibility index (Phi) is 10.2. The fraction of sp³-hybridized carbons (Fsp3) is 0.367. The zero-order valence-corrected chi connectivity index (χ0v) is 23.1. The van der Waals surface area contributed by atoms with E-state index in [1.165, 1.54) is 0 Å². The Bertz CT molecular complexity index is 1190. The molecule has 0 spiro atoms. The predicted octanol–water partition coefficient (Wildman–Crippen LogP) is 4.87. The third-order valence-electron chi connectivity index (χ3n) is 6.94. The van der Waals surface area contributed by atoms with Crippen molar-refractivity contribution in [3.8, 4) is 23.0 Å². The molecule has 3 rings (SSSR count). The number of carbonyl (C=O) groups is 1. The van der Waals surface area contributed by atoms with Gasteiger partial charge in [-0.15, -0.1) is 0 Å². The summed E-state index contributed by atoms with van der Waals surface area (Å²) in [6, 6.07) is 21.5. The molecule has 204 valence electrons. The molecule has 0 bridgehead atoms. The molecule has 0 aromatic heterocycles. The van der Waals surface area contributed by atoms with Crippen LogP contribution < -0.4 is 29.2 Å². The van der Waals surface area contributed by atoms with Gasteiger partial charge in [0.15, 0.2) is 23.0 Å². The van der Waals surface area contributed by atoms with Gasteiger partial charge in [0.1, 0.15) is 5.69 Å². The highest BCUT2D eigenvalue weighted by Gasteiger charge is 2.27.